The molecule has 0 unspecified atom stereocenters. The van der Waals surface area contributed by atoms with E-state index in [1.165, 1.54) is 0 Å². The number of nitriles is 1. The van der Waals surface area contributed by atoms with Crippen molar-refractivity contribution in [2.45, 2.75) is 6.92 Å². The number of rotatable bonds is 1. The van der Waals surface area contributed by atoms with Crippen molar-refractivity contribution in [1.82, 2.24) is 4.98 Å². The van der Waals surface area contributed by atoms with E-state index >= 15 is 0 Å². The van der Waals surface area contributed by atoms with Crippen LogP contribution in [0, 0.1) is 18.3 Å². The molecule has 3 nitrogen and oxygen atoms in total. The van der Waals surface area contributed by atoms with Gasteiger partial charge in [-0.05, 0) is 13.0 Å². The molecule has 0 saturated heterocycles. The van der Waals surface area contributed by atoms with E-state index < -0.39 is 0 Å². The molecular formula is C13H12ClN3. The van der Waals surface area contributed by atoms with E-state index in [0.717, 1.165) is 16.6 Å². The fraction of sp³-hybridized carbons (Fsp3) is 0.231. The Kier molecular flexibility index (Phi) is 2.91. The van der Waals surface area contributed by atoms with Gasteiger partial charge in [0.25, 0.3) is 0 Å². The second kappa shape index (κ2) is 4.23. The predicted octanol–water partition coefficient (Wildman–Crippen LogP) is 3.13. The summed E-state index contributed by atoms with van der Waals surface area (Å²) in [7, 11) is 3.90. The van der Waals surface area contributed by atoms with Gasteiger partial charge in [0.15, 0.2) is 0 Å². The first-order valence-corrected chi connectivity index (χ1v) is 5.60. The summed E-state index contributed by atoms with van der Waals surface area (Å²) in [6.07, 6.45) is 0. The molecule has 1 aromatic carbocycles. The molecule has 86 valence electrons. The van der Waals surface area contributed by atoms with Crippen LogP contribution in [-0.2, 0) is 0 Å². The van der Waals surface area contributed by atoms with Crippen LogP contribution in [0.3, 0.4) is 0 Å². The van der Waals surface area contributed by atoms with Crippen molar-refractivity contribution in [3.63, 3.8) is 0 Å². The fourth-order valence-corrected chi connectivity index (χ4v) is 2.23. The van der Waals surface area contributed by atoms with Gasteiger partial charge >= 0.3 is 0 Å². The predicted molar refractivity (Wildman–Crippen MR) is 70.5 cm³/mol. The van der Waals surface area contributed by atoms with E-state index in [1.54, 1.807) is 6.07 Å². The first-order chi connectivity index (χ1) is 8.06. The highest BCUT2D eigenvalue weighted by molar-refractivity contribution is 6.35. The highest BCUT2D eigenvalue weighted by Crippen LogP contribution is 2.33. The minimum atomic E-state index is 0.425. The van der Waals surface area contributed by atoms with Gasteiger partial charge in [0.2, 0.25) is 0 Å². The lowest BCUT2D eigenvalue weighted by molar-refractivity contribution is 1.11. The molecule has 0 spiro atoms. The van der Waals surface area contributed by atoms with Gasteiger partial charge in [0.05, 0.1) is 16.2 Å². The standard InChI is InChI=1S/C13H12ClN3/c1-8-11(7-15)16-12-9(13(8)17(2)3)5-4-6-10(12)14/h4-6H,1-3H3. The van der Waals surface area contributed by atoms with E-state index in [2.05, 4.69) is 11.1 Å². The van der Waals surface area contributed by atoms with Crippen LogP contribution in [0.25, 0.3) is 10.9 Å². The first kappa shape index (κ1) is 11.7. The zero-order valence-electron chi connectivity index (χ0n) is 9.95. The molecule has 1 aromatic heterocycles. The molecule has 0 aliphatic carbocycles. The topological polar surface area (TPSA) is 39.9 Å². The number of nitrogens with zero attached hydrogens (tertiary/aromatic N) is 3. The Morgan fingerprint density at radius 2 is 2.06 bits per heavy atom. The van der Waals surface area contributed by atoms with Crippen molar-refractivity contribution in [2.24, 2.45) is 0 Å². The van der Waals surface area contributed by atoms with Gasteiger partial charge in [-0.1, -0.05) is 23.7 Å². The fourth-order valence-electron chi connectivity index (χ4n) is 2.02. The molecule has 2 rings (SSSR count). The van der Waals surface area contributed by atoms with E-state index in [1.807, 2.05) is 38.1 Å². The highest BCUT2D eigenvalue weighted by atomic mass is 35.5. The summed E-state index contributed by atoms with van der Waals surface area (Å²) in [5.74, 6) is 0. The Labute approximate surface area is 105 Å². The van der Waals surface area contributed by atoms with Crippen LogP contribution in [0.5, 0.6) is 0 Å². The third-order valence-electron chi connectivity index (χ3n) is 2.73. The van der Waals surface area contributed by atoms with Crippen molar-refractivity contribution in [1.29, 1.82) is 5.26 Å². The van der Waals surface area contributed by atoms with Crippen molar-refractivity contribution in [2.75, 3.05) is 19.0 Å². The molecule has 0 amide bonds. The average molecular weight is 246 g/mol. The number of pyridine rings is 1. The van der Waals surface area contributed by atoms with Crippen LogP contribution in [0.2, 0.25) is 5.02 Å². The SMILES string of the molecule is Cc1c(C#N)nc2c(Cl)cccc2c1N(C)C. The Bertz CT molecular complexity index is 627. The summed E-state index contributed by atoms with van der Waals surface area (Å²) in [4.78, 5) is 6.30. The quantitative estimate of drug-likeness (QED) is 0.775. The second-order valence-electron chi connectivity index (χ2n) is 4.08. The van der Waals surface area contributed by atoms with E-state index in [9.17, 15) is 0 Å². The number of halogens is 1. The van der Waals surface area contributed by atoms with Gasteiger partial charge in [-0.15, -0.1) is 0 Å². The molecule has 17 heavy (non-hydrogen) atoms. The van der Waals surface area contributed by atoms with Crippen LogP contribution >= 0.6 is 11.6 Å². The smallest absolute Gasteiger partial charge is 0.146 e. The molecule has 0 bridgehead atoms. The van der Waals surface area contributed by atoms with Gasteiger partial charge < -0.3 is 4.90 Å². The number of aromatic nitrogens is 1. The van der Waals surface area contributed by atoms with Gasteiger partial charge in [0, 0.05) is 25.0 Å². The molecular weight excluding hydrogens is 234 g/mol. The summed E-state index contributed by atoms with van der Waals surface area (Å²) in [6.45, 7) is 1.90. The lowest BCUT2D eigenvalue weighted by Gasteiger charge is -2.19. The zero-order valence-corrected chi connectivity index (χ0v) is 10.7. The van der Waals surface area contributed by atoms with Crippen LogP contribution in [-0.4, -0.2) is 19.1 Å². The molecule has 2 aromatic rings. The lowest BCUT2D eigenvalue weighted by Crippen LogP contribution is -2.12. The molecule has 4 heteroatoms. The van der Waals surface area contributed by atoms with Crippen molar-refractivity contribution in [3.8, 4) is 6.07 Å². The van der Waals surface area contributed by atoms with Crippen LogP contribution in [0.1, 0.15) is 11.3 Å². The Morgan fingerprint density at radius 1 is 1.35 bits per heavy atom. The molecule has 0 aliphatic rings. The van der Waals surface area contributed by atoms with Gasteiger partial charge in [-0.25, -0.2) is 4.98 Å². The monoisotopic (exact) mass is 245 g/mol. The maximum atomic E-state index is 9.10. The number of benzene rings is 1. The van der Waals surface area contributed by atoms with Crippen LogP contribution < -0.4 is 4.90 Å². The summed E-state index contributed by atoms with van der Waals surface area (Å²) in [6, 6.07) is 7.76. The molecule has 0 saturated carbocycles. The summed E-state index contributed by atoms with van der Waals surface area (Å²) in [5.41, 5.74) is 2.98. The number of anilines is 1. The van der Waals surface area contributed by atoms with Gasteiger partial charge in [0.1, 0.15) is 11.8 Å². The Morgan fingerprint density at radius 3 is 2.65 bits per heavy atom. The van der Waals surface area contributed by atoms with Gasteiger partial charge in [-0.2, -0.15) is 5.26 Å². The molecule has 0 aliphatic heterocycles. The second-order valence-corrected chi connectivity index (χ2v) is 4.48. The maximum absolute atomic E-state index is 9.10. The zero-order chi connectivity index (χ0) is 12.6. The number of hydrogen-bond donors (Lipinski definition) is 0. The molecule has 1 heterocycles. The summed E-state index contributed by atoms with van der Waals surface area (Å²) in [5, 5.41) is 10.6. The minimum Gasteiger partial charge on any atom is -0.377 e. The van der Waals surface area contributed by atoms with E-state index in [0.29, 0.717) is 16.2 Å². The van der Waals surface area contributed by atoms with Crippen molar-refractivity contribution < 1.29 is 0 Å². The number of para-hydroxylation sites is 1. The molecule has 0 fully saturated rings. The summed E-state index contributed by atoms with van der Waals surface area (Å²) < 4.78 is 0. The van der Waals surface area contributed by atoms with Gasteiger partial charge in [-0.3, -0.25) is 0 Å². The Hall–Kier alpha value is -1.79. The third kappa shape index (κ3) is 1.81. The molecule has 0 N–H and O–H groups in total. The maximum Gasteiger partial charge on any atom is 0.146 e. The highest BCUT2D eigenvalue weighted by Gasteiger charge is 2.14. The van der Waals surface area contributed by atoms with Crippen LogP contribution in [0.15, 0.2) is 18.2 Å². The largest absolute Gasteiger partial charge is 0.377 e. The van der Waals surface area contributed by atoms with E-state index in [-0.39, 0.29) is 0 Å². The third-order valence-corrected chi connectivity index (χ3v) is 3.03. The van der Waals surface area contributed by atoms with Crippen LogP contribution in [0.4, 0.5) is 5.69 Å². The average Bonchev–Trinajstić information content (AvgIpc) is 2.28. The molecule has 0 radical (unpaired) electrons. The summed E-state index contributed by atoms with van der Waals surface area (Å²) >= 11 is 6.12. The normalized spacial score (nSPS) is 10.3. The van der Waals surface area contributed by atoms with E-state index in [4.69, 9.17) is 16.9 Å². The van der Waals surface area contributed by atoms with Crippen molar-refractivity contribution >= 4 is 28.2 Å². The lowest BCUT2D eigenvalue weighted by atomic mass is 10.1. The minimum absolute atomic E-state index is 0.425. The molecule has 0 atom stereocenters. The van der Waals surface area contributed by atoms with Crippen molar-refractivity contribution in [3.05, 3.63) is 34.5 Å². The first-order valence-electron chi connectivity index (χ1n) is 5.22. The number of hydrogen-bond acceptors (Lipinski definition) is 3. The Balaban J connectivity index is 2.98. The number of fused-ring (bicyclic) bond motifs is 1.